The molecule has 1 aromatic carbocycles. The highest BCUT2D eigenvalue weighted by molar-refractivity contribution is 7.89. The SMILES string of the molecule is CN(C(C)(C)C(=O)O)S(=O)(=O)c1cccc2nsnc12. The minimum absolute atomic E-state index is 0.0411. The standard InChI is InChI=1S/C11H13N3O4S2/c1-11(2,10(15)16)14(3)20(17,18)8-6-4-5-7-9(8)13-19-12-7/h4-6H,1-3H3,(H,15,16). The van der Waals surface area contributed by atoms with Crippen LogP contribution in [0.3, 0.4) is 0 Å². The van der Waals surface area contributed by atoms with Crippen LogP contribution in [0.25, 0.3) is 11.0 Å². The summed E-state index contributed by atoms with van der Waals surface area (Å²) in [5.74, 6) is -1.23. The number of carboxylic acid groups (broad SMARTS) is 1. The Balaban J connectivity index is 2.61. The second-order valence-corrected chi connectivity index (χ2v) is 7.19. The molecule has 0 saturated heterocycles. The Hall–Kier alpha value is -1.58. The third kappa shape index (κ3) is 2.17. The molecule has 0 amide bonds. The molecule has 2 rings (SSSR count). The van der Waals surface area contributed by atoms with Gasteiger partial charge >= 0.3 is 5.97 Å². The summed E-state index contributed by atoms with van der Waals surface area (Å²) < 4.78 is 34.0. The lowest BCUT2D eigenvalue weighted by molar-refractivity contribution is -0.145. The summed E-state index contributed by atoms with van der Waals surface area (Å²) in [6.07, 6.45) is 0. The molecule has 0 aliphatic heterocycles. The fourth-order valence-corrected chi connectivity index (χ4v) is 3.80. The molecular formula is C11H13N3O4S2. The van der Waals surface area contributed by atoms with Crippen molar-refractivity contribution in [2.45, 2.75) is 24.3 Å². The summed E-state index contributed by atoms with van der Waals surface area (Å²) in [7, 11) is -2.74. The van der Waals surface area contributed by atoms with Crippen LogP contribution >= 0.6 is 11.7 Å². The molecule has 108 valence electrons. The van der Waals surface area contributed by atoms with E-state index in [0.717, 1.165) is 16.0 Å². The maximum Gasteiger partial charge on any atom is 0.324 e. The topological polar surface area (TPSA) is 100 Å². The van der Waals surface area contributed by atoms with Gasteiger partial charge < -0.3 is 5.11 Å². The summed E-state index contributed by atoms with van der Waals surface area (Å²) in [5, 5.41) is 9.16. The highest BCUT2D eigenvalue weighted by Crippen LogP contribution is 2.27. The quantitative estimate of drug-likeness (QED) is 0.909. The molecule has 0 aliphatic rings. The molecule has 0 saturated carbocycles. The first-order valence-electron chi connectivity index (χ1n) is 5.62. The molecule has 0 bridgehead atoms. The van der Waals surface area contributed by atoms with Crippen LogP contribution in [0, 0.1) is 0 Å². The summed E-state index contributed by atoms with van der Waals surface area (Å²) in [6, 6.07) is 4.60. The van der Waals surface area contributed by atoms with E-state index in [2.05, 4.69) is 8.75 Å². The highest BCUT2D eigenvalue weighted by Gasteiger charge is 2.40. The normalized spacial score (nSPS) is 13.0. The van der Waals surface area contributed by atoms with Crippen molar-refractivity contribution < 1.29 is 18.3 Å². The Morgan fingerprint density at radius 2 is 2.00 bits per heavy atom. The van der Waals surface area contributed by atoms with E-state index in [0.29, 0.717) is 5.52 Å². The Morgan fingerprint density at radius 1 is 1.35 bits per heavy atom. The summed E-state index contributed by atoms with van der Waals surface area (Å²) in [4.78, 5) is 11.2. The fraction of sp³-hybridized carbons (Fsp3) is 0.364. The minimum Gasteiger partial charge on any atom is -0.480 e. The van der Waals surface area contributed by atoms with E-state index in [4.69, 9.17) is 5.11 Å². The van der Waals surface area contributed by atoms with Gasteiger partial charge in [0.15, 0.2) is 0 Å². The second-order valence-electron chi connectivity index (χ2n) is 4.72. The predicted octanol–water partition coefficient (Wildman–Crippen LogP) is 1.17. The van der Waals surface area contributed by atoms with Gasteiger partial charge in [-0.05, 0) is 26.0 Å². The molecule has 0 spiro atoms. The van der Waals surface area contributed by atoms with Crippen molar-refractivity contribution in [3.05, 3.63) is 18.2 Å². The Morgan fingerprint density at radius 3 is 2.60 bits per heavy atom. The highest BCUT2D eigenvalue weighted by atomic mass is 32.2. The van der Waals surface area contributed by atoms with Gasteiger partial charge in [0.1, 0.15) is 21.5 Å². The van der Waals surface area contributed by atoms with Crippen molar-refractivity contribution in [2.75, 3.05) is 7.05 Å². The van der Waals surface area contributed by atoms with Crippen LogP contribution in [-0.2, 0) is 14.8 Å². The second kappa shape index (κ2) is 4.76. The first-order valence-corrected chi connectivity index (χ1v) is 7.80. The lowest BCUT2D eigenvalue weighted by Gasteiger charge is -2.30. The number of carboxylic acids is 1. The van der Waals surface area contributed by atoms with Gasteiger partial charge in [0.25, 0.3) is 0 Å². The number of aliphatic carboxylic acids is 1. The number of fused-ring (bicyclic) bond motifs is 1. The average Bonchev–Trinajstić information content (AvgIpc) is 2.85. The number of hydrogen-bond donors (Lipinski definition) is 1. The summed E-state index contributed by atoms with van der Waals surface area (Å²) >= 11 is 0.909. The molecule has 20 heavy (non-hydrogen) atoms. The fourth-order valence-electron chi connectivity index (χ4n) is 1.57. The Bertz CT molecular complexity index is 767. The number of likely N-dealkylation sites (N-methyl/N-ethyl adjacent to an activating group) is 1. The van der Waals surface area contributed by atoms with E-state index in [9.17, 15) is 13.2 Å². The smallest absolute Gasteiger partial charge is 0.324 e. The average molecular weight is 315 g/mol. The van der Waals surface area contributed by atoms with Crippen molar-refractivity contribution in [3.8, 4) is 0 Å². The van der Waals surface area contributed by atoms with Crippen LogP contribution < -0.4 is 0 Å². The third-order valence-electron chi connectivity index (χ3n) is 3.20. The lowest BCUT2D eigenvalue weighted by atomic mass is 10.1. The molecule has 1 heterocycles. The first-order chi connectivity index (χ1) is 9.19. The van der Waals surface area contributed by atoms with Crippen LogP contribution in [0.1, 0.15) is 13.8 Å². The van der Waals surface area contributed by atoms with Gasteiger partial charge in [-0.2, -0.15) is 13.1 Å². The summed E-state index contributed by atoms with van der Waals surface area (Å²) in [5.41, 5.74) is -0.840. The molecule has 1 N–H and O–H groups in total. The van der Waals surface area contributed by atoms with E-state index in [-0.39, 0.29) is 10.4 Å². The van der Waals surface area contributed by atoms with Crippen LogP contribution in [0.15, 0.2) is 23.1 Å². The molecule has 2 aromatic rings. The third-order valence-corrected chi connectivity index (χ3v) is 5.80. The Kier molecular flexibility index (Phi) is 3.53. The number of aromatic nitrogens is 2. The number of benzene rings is 1. The number of sulfonamides is 1. The first kappa shape index (κ1) is 14.8. The molecule has 0 aliphatic carbocycles. The molecule has 0 atom stereocenters. The zero-order valence-electron chi connectivity index (χ0n) is 11.1. The minimum atomic E-state index is -3.98. The number of nitrogens with zero attached hydrogens (tertiary/aromatic N) is 3. The van der Waals surface area contributed by atoms with Crippen molar-refractivity contribution >= 4 is 38.8 Å². The van der Waals surface area contributed by atoms with Crippen molar-refractivity contribution in [1.29, 1.82) is 0 Å². The van der Waals surface area contributed by atoms with E-state index in [1.54, 1.807) is 12.1 Å². The molecule has 0 unspecified atom stereocenters. The lowest BCUT2D eigenvalue weighted by Crippen LogP contribution is -2.50. The maximum absolute atomic E-state index is 12.6. The van der Waals surface area contributed by atoms with Gasteiger partial charge in [-0.3, -0.25) is 4.79 Å². The van der Waals surface area contributed by atoms with E-state index >= 15 is 0 Å². The predicted molar refractivity (Wildman–Crippen MR) is 74.1 cm³/mol. The Labute approximate surface area is 120 Å². The summed E-state index contributed by atoms with van der Waals surface area (Å²) in [6.45, 7) is 2.65. The van der Waals surface area contributed by atoms with Crippen LogP contribution in [0.4, 0.5) is 0 Å². The number of hydrogen-bond acceptors (Lipinski definition) is 6. The van der Waals surface area contributed by atoms with Crippen LogP contribution in [0.5, 0.6) is 0 Å². The number of carbonyl (C=O) groups is 1. The molecule has 0 radical (unpaired) electrons. The zero-order chi connectivity index (χ0) is 15.1. The molecular weight excluding hydrogens is 302 g/mol. The van der Waals surface area contributed by atoms with Gasteiger partial charge in [0.2, 0.25) is 10.0 Å². The van der Waals surface area contributed by atoms with Gasteiger partial charge in [-0.1, -0.05) is 6.07 Å². The molecule has 7 nitrogen and oxygen atoms in total. The molecule has 0 fully saturated rings. The zero-order valence-corrected chi connectivity index (χ0v) is 12.7. The van der Waals surface area contributed by atoms with Gasteiger partial charge in [-0.25, -0.2) is 8.42 Å². The molecule has 9 heteroatoms. The van der Waals surface area contributed by atoms with Crippen molar-refractivity contribution in [2.24, 2.45) is 0 Å². The maximum atomic E-state index is 12.6. The number of rotatable bonds is 4. The van der Waals surface area contributed by atoms with E-state index in [1.165, 1.54) is 27.0 Å². The van der Waals surface area contributed by atoms with Crippen LogP contribution in [-0.4, -0.2) is 45.1 Å². The van der Waals surface area contributed by atoms with E-state index < -0.39 is 21.5 Å². The van der Waals surface area contributed by atoms with Gasteiger partial charge in [0.05, 0.1) is 11.7 Å². The van der Waals surface area contributed by atoms with Gasteiger partial charge in [-0.15, -0.1) is 0 Å². The van der Waals surface area contributed by atoms with Crippen molar-refractivity contribution in [1.82, 2.24) is 13.1 Å². The van der Waals surface area contributed by atoms with Crippen LogP contribution in [0.2, 0.25) is 0 Å². The van der Waals surface area contributed by atoms with Crippen molar-refractivity contribution in [3.63, 3.8) is 0 Å². The monoisotopic (exact) mass is 315 g/mol. The molecule has 1 aromatic heterocycles. The van der Waals surface area contributed by atoms with E-state index in [1.807, 2.05) is 0 Å². The largest absolute Gasteiger partial charge is 0.480 e. The van der Waals surface area contributed by atoms with Gasteiger partial charge in [0, 0.05) is 7.05 Å².